The molecule has 2 nitrogen and oxygen atoms in total. The third-order valence-corrected chi connectivity index (χ3v) is 3.17. The van der Waals surface area contributed by atoms with Crippen LogP contribution < -0.4 is 0 Å². The molecule has 1 saturated carbocycles. The molecule has 14 heavy (non-hydrogen) atoms. The molecule has 0 atom stereocenters. The minimum atomic E-state index is -0.283. The van der Waals surface area contributed by atoms with Crippen LogP contribution in [0, 0.1) is 5.92 Å². The van der Waals surface area contributed by atoms with Gasteiger partial charge < -0.3 is 4.74 Å². The van der Waals surface area contributed by atoms with Gasteiger partial charge in [-0.2, -0.15) is 0 Å². The Bertz CT molecular complexity index is 190. The Balaban J connectivity index is 2.40. The smallest absolute Gasteiger partial charge is 0.309 e. The van der Waals surface area contributed by atoms with Crippen LogP contribution in [0.1, 0.15) is 59.3 Å². The Hall–Kier alpha value is -0.530. The summed E-state index contributed by atoms with van der Waals surface area (Å²) in [6, 6.07) is 0. The van der Waals surface area contributed by atoms with Crippen LogP contribution in [-0.2, 0) is 9.53 Å². The SMILES string of the molecule is CCC(C)(C)OC(=O)C1CCCCC1. The second-order valence-corrected chi connectivity index (χ2v) is 4.87. The van der Waals surface area contributed by atoms with E-state index < -0.39 is 0 Å². The maximum Gasteiger partial charge on any atom is 0.309 e. The van der Waals surface area contributed by atoms with E-state index in [9.17, 15) is 4.79 Å². The highest BCUT2D eigenvalue weighted by Crippen LogP contribution is 2.27. The number of hydrogen-bond donors (Lipinski definition) is 0. The second kappa shape index (κ2) is 4.81. The average molecular weight is 198 g/mol. The molecule has 82 valence electrons. The molecule has 0 amide bonds. The predicted molar refractivity (Wildman–Crippen MR) is 57.0 cm³/mol. The summed E-state index contributed by atoms with van der Waals surface area (Å²) in [4.78, 5) is 11.8. The van der Waals surface area contributed by atoms with Gasteiger partial charge in [0.25, 0.3) is 0 Å². The third-order valence-electron chi connectivity index (χ3n) is 3.17. The minimum absolute atomic E-state index is 0.0246. The molecule has 0 radical (unpaired) electrons. The first-order valence-electron chi connectivity index (χ1n) is 5.78. The summed E-state index contributed by atoms with van der Waals surface area (Å²) in [6.07, 6.45) is 6.59. The molecule has 0 aromatic carbocycles. The highest BCUT2D eigenvalue weighted by molar-refractivity contribution is 5.72. The molecule has 1 fully saturated rings. The van der Waals surface area contributed by atoms with Crippen molar-refractivity contribution in [1.29, 1.82) is 0 Å². The molecule has 0 aromatic heterocycles. The first-order chi connectivity index (χ1) is 6.55. The Morgan fingerprint density at radius 1 is 1.29 bits per heavy atom. The normalized spacial score (nSPS) is 19.4. The van der Waals surface area contributed by atoms with Gasteiger partial charge in [-0.15, -0.1) is 0 Å². The van der Waals surface area contributed by atoms with Crippen molar-refractivity contribution in [2.24, 2.45) is 5.92 Å². The zero-order valence-corrected chi connectivity index (χ0v) is 9.64. The Morgan fingerprint density at radius 2 is 1.86 bits per heavy atom. The topological polar surface area (TPSA) is 26.3 Å². The van der Waals surface area contributed by atoms with Gasteiger partial charge in [-0.25, -0.2) is 0 Å². The molecular weight excluding hydrogens is 176 g/mol. The van der Waals surface area contributed by atoms with Crippen molar-refractivity contribution in [3.63, 3.8) is 0 Å². The van der Waals surface area contributed by atoms with Gasteiger partial charge in [0.1, 0.15) is 5.60 Å². The highest BCUT2D eigenvalue weighted by Gasteiger charge is 2.27. The van der Waals surface area contributed by atoms with Gasteiger partial charge in [0.15, 0.2) is 0 Å². The van der Waals surface area contributed by atoms with E-state index in [-0.39, 0.29) is 17.5 Å². The van der Waals surface area contributed by atoms with Crippen molar-refractivity contribution >= 4 is 5.97 Å². The van der Waals surface area contributed by atoms with Crippen LogP contribution >= 0.6 is 0 Å². The fourth-order valence-corrected chi connectivity index (χ4v) is 1.77. The van der Waals surface area contributed by atoms with Crippen molar-refractivity contribution < 1.29 is 9.53 Å². The van der Waals surface area contributed by atoms with E-state index in [4.69, 9.17) is 4.74 Å². The standard InChI is InChI=1S/C12H22O2/c1-4-12(2,3)14-11(13)10-8-6-5-7-9-10/h10H,4-9H2,1-3H3. The summed E-state index contributed by atoms with van der Waals surface area (Å²) >= 11 is 0. The summed E-state index contributed by atoms with van der Waals surface area (Å²) in [5, 5.41) is 0. The van der Waals surface area contributed by atoms with Gasteiger partial charge in [0.05, 0.1) is 5.92 Å². The average Bonchev–Trinajstić information content (AvgIpc) is 2.19. The number of ether oxygens (including phenoxy) is 1. The number of esters is 1. The van der Waals surface area contributed by atoms with Crippen LogP contribution in [-0.4, -0.2) is 11.6 Å². The van der Waals surface area contributed by atoms with Crippen LogP contribution in [0.2, 0.25) is 0 Å². The molecule has 1 rings (SSSR count). The summed E-state index contributed by atoms with van der Waals surface area (Å²) in [7, 11) is 0. The minimum Gasteiger partial charge on any atom is -0.459 e. The van der Waals surface area contributed by atoms with E-state index >= 15 is 0 Å². The van der Waals surface area contributed by atoms with Crippen LogP contribution in [0.25, 0.3) is 0 Å². The van der Waals surface area contributed by atoms with Gasteiger partial charge >= 0.3 is 5.97 Å². The molecule has 0 bridgehead atoms. The van der Waals surface area contributed by atoms with Crippen molar-refractivity contribution in [2.75, 3.05) is 0 Å². The first-order valence-corrected chi connectivity index (χ1v) is 5.78. The zero-order valence-electron chi connectivity index (χ0n) is 9.64. The molecule has 1 aliphatic rings. The Labute approximate surface area is 87.0 Å². The van der Waals surface area contributed by atoms with Crippen molar-refractivity contribution in [2.45, 2.75) is 64.9 Å². The molecule has 0 aliphatic heterocycles. The van der Waals surface area contributed by atoms with Gasteiger partial charge in [-0.3, -0.25) is 4.79 Å². The zero-order chi connectivity index (χ0) is 10.6. The summed E-state index contributed by atoms with van der Waals surface area (Å²) in [5.41, 5.74) is -0.283. The van der Waals surface area contributed by atoms with Gasteiger partial charge in [-0.05, 0) is 33.1 Å². The first kappa shape index (κ1) is 11.5. The quantitative estimate of drug-likeness (QED) is 0.650. The largest absolute Gasteiger partial charge is 0.459 e. The molecular formula is C12H22O2. The second-order valence-electron chi connectivity index (χ2n) is 4.87. The van der Waals surface area contributed by atoms with Crippen molar-refractivity contribution in [3.8, 4) is 0 Å². The molecule has 0 saturated heterocycles. The van der Waals surface area contributed by atoms with E-state index in [0.717, 1.165) is 19.3 Å². The lowest BCUT2D eigenvalue weighted by Gasteiger charge is -2.28. The Morgan fingerprint density at radius 3 is 2.36 bits per heavy atom. The van der Waals surface area contributed by atoms with Crippen molar-refractivity contribution in [3.05, 3.63) is 0 Å². The Kier molecular flexibility index (Phi) is 3.97. The van der Waals surface area contributed by atoms with Gasteiger partial charge in [0.2, 0.25) is 0 Å². The fourth-order valence-electron chi connectivity index (χ4n) is 1.77. The van der Waals surface area contributed by atoms with Crippen LogP contribution in [0.3, 0.4) is 0 Å². The molecule has 0 heterocycles. The maximum absolute atomic E-state index is 11.8. The summed E-state index contributed by atoms with van der Waals surface area (Å²) in [6.45, 7) is 6.01. The van der Waals surface area contributed by atoms with E-state index in [1.165, 1.54) is 19.3 Å². The van der Waals surface area contributed by atoms with Crippen molar-refractivity contribution in [1.82, 2.24) is 0 Å². The third kappa shape index (κ3) is 3.32. The van der Waals surface area contributed by atoms with Crippen LogP contribution in [0.4, 0.5) is 0 Å². The number of hydrogen-bond acceptors (Lipinski definition) is 2. The van der Waals surface area contributed by atoms with E-state index in [0.29, 0.717) is 0 Å². The highest BCUT2D eigenvalue weighted by atomic mass is 16.6. The molecule has 0 spiro atoms. The fraction of sp³-hybridized carbons (Fsp3) is 0.917. The number of carbonyl (C=O) groups is 1. The lowest BCUT2D eigenvalue weighted by atomic mass is 9.89. The summed E-state index contributed by atoms with van der Waals surface area (Å²) < 4.78 is 5.49. The molecule has 0 aromatic rings. The maximum atomic E-state index is 11.8. The summed E-state index contributed by atoms with van der Waals surface area (Å²) in [5.74, 6) is 0.200. The lowest BCUT2D eigenvalue weighted by Crippen LogP contribution is -2.31. The van der Waals surface area contributed by atoms with E-state index in [1.807, 2.05) is 20.8 Å². The number of carbonyl (C=O) groups excluding carboxylic acids is 1. The van der Waals surface area contributed by atoms with E-state index in [2.05, 4.69) is 0 Å². The van der Waals surface area contributed by atoms with Crippen LogP contribution in [0.5, 0.6) is 0 Å². The molecule has 2 heteroatoms. The monoisotopic (exact) mass is 198 g/mol. The van der Waals surface area contributed by atoms with E-state index in [1.54, 1.807) is 0 Å². The molecule has 1 aliphatic carbocycles. The predicted octanol–water partition coefficient (Wildman–Crippen LogP) is 3.30. The lowest BCUT2D eigenvalue weighted by molar-refractivity contribution is -0.163. The molecule has 0 N–H and O–H groups in total. The van der Waals surface area contributed by atoms with Gasteiger partial charge in [0, 0.05) is 0 Å². The van der Waals surface area contributed by atoms with Gasteiger partial charge in [-0.1, -0.05) is 26.2 Å². The van der Waals surface area contributed by atoms with Crippen LogP contribution in [0.15, 0.2) is 0 Å². The molecule has 0 unspecified atom stereocenters. The number of rotatable bonds is 3.